The standard InChI is InChI=1S/C12H12N2O/c1-12(7-8-13)9-5-3-4-6-10(9)14(2)11(12)15/h3-6H,7H2,1-2H3/t12-/m1/s1. The Morgan fingerprint density at radius 3 is 2.80 bits per heavy atom. The van der Waals surface area contributed by atoms with E-state index >= 15 is 0 Å². The largest absolute Gasteiger partial charge is 0.314 e. The Kier molecular flexibility index (Phi) is 2.01. The van der Waals surface area contributed by atoms with Crippen LogP contribution in [0.5, 0.6) is 0 Å². The molecule has 0 saturated carbocycles. The first kappa shape index (κ1) is 9.72. The third kappa shape index (κ3) is 1.15. The maximum atomic E-state index is 12.0. The van der Waals surface area contributed by atoms with Gasteiger partial charge in [0, 0.05) is 12.7 Å². The van der Waals surface area contributed by atoms with Crippen molar-refractivity contribution < 1.29 is 4.79 Å². The normalized spacial score (nSPS) is 23.8. The van der Waals surface area contributed by atoms with E-state index < -0.39 is 5.41 Å². The van der Waals surface area contributed by atoms with E-state index in [1.54, 1.807) is 11.9 Å². The number of anilines is 1. The van der Waals surface area contributed by atoms with E-state index in [1.807, 2.05) is 31.2 Å². The molecule has 1 aromatic rings. The molecule has 76 valence electrons. The molecule has 0 N–H and O–H groups in total. The van der Waals surface area contributed by atoms with Crippen LogP contribution in [0.15, 0.2) is 24.3 Å². The summed E-state index contributed by atoms with van der Waals surface area (Å²) in [5, 5.41) is 8.80. The summed E-state index contributed by atoms with van der Waals surface area (Å²) in [5.41, 5.74) is 1.21. The summed E-state index contributed by atoms with van der Waals surface area (Å²) in [5.74, 6) is 0.00486. The second kappa shape index (κ2) is 3.09. The molecule has 0 aliphatic carbocycles. The number of fused-ring (bicyclic) bond motifs is 1. The molecular weight excluding hydrogens is 188 g/mol. The molecule has 1 amide bonds. The number of hydrogen-bond donors (Lipinski definition) is 0. The van der Waals surface area contributed by atoms with Crippen LogP contribution in [0.4, 0.5) is 5.69 Å². The number of benzene rings is 1. The van der Waals surface area contributed by atoms with Crippen molar-refractivity contribution in [3.8, 4) is 6.07 Å². The fourth-order valence-corrected chi connectivity index (χ4v) is 2.16. The molecule has 0 aromatic heterocycles. The number of likely N-dealkylation sites (N-methyl/N-ethyl adjacent to an activating group) is 1. The monoisotopic (exact) mass is 200 g/mol. The van der Waals surface area contributed by atoms with Gasteiger partial charge in [0.05, 0.1) is 17.9 Å². The molecule has 15 heavy (non-hydrogen) atoms. The number of carbonyl (C=O) groups is 1. The van der Waals surface area contributed by atoms with Gasteiger partial charge >= 0.3 is 0 Å². The first-order valence-corrected chi connectivity index (χ1v) is 4.86. The van der Waals surface area contributed by atoms with Crippen molar-refractivity contribution in [2.24, 2.45) is 0 Å². The molecule has 1 aliphatic rings. The number of nitriles is 1. The summed E-state index contributed by atoms with van der Waals surface area (Å²) in [7, 11) is 1.75. The van der Waals surface area contributed by atoms with Crippen LogP contribution in [0.1, 0.15) is 18.9 Å². The van der Waals surface area contributed by atoms with Gasteiger partial charge in [-0.25, -0.2) is 0 Å². The maximum Gasteiger partial charge on any atom is 0.238 e. The lowest BCUT2D eigenvalue weighted by Crippen LogP contribution is -2.35. The molecule has 0 fully saturated rings. The minimum atomic E-state index is -0.667. The summed E-state index contributed by atoms with van der Waals surface area (Å²) in [4.78, 5) is 13.7. The lowest BCUT2D eigenvalue weighted by atomic mass is 9.81. The van der Waals surface area contributed by atoms with Crippen molar-refractivity contribution in [3.63, 3.8) is 0 Å². The highest BCUT2D eigenvalue weighted by molar-refractivity contribution is 6.07. The number of nitrogens with zero attached hydrogens (tertiary/aromatic N) is 2. The zero-order valence-corrected chi connectivity index (χ0v) is 8.82. The van der Waals surface area contributed by atoms with E-state index in [1.165, 1.54) is 0 Å². The molecule has 0 saturated heterocycles. The summed E-state index contributed by atoms with van der Waals surface area (Å²) in [6.07, 6.45) is 0.229. The van der Waals surface area contributed by atoms with E-state index in [2.05, 4.69) is 6.07 Å². The van der Waals surface area contributed by atoms with Crippen LogP contribution in [0.3, 0.4) is 0 Å². The van der Waals surface area contributed by atoms with Crippen LogP contribution in [0, 0.1) is 11.3 Å². The summed E-state index contributed by atoms with van der Waals surface area (Å²) < 4.78 is 0. The molecule has 0 spiro atoms. The Labute approximate surface area is 88.9 Å². The molecule has 3 nitrogen and oxygen atoms in total. The topological polar surface area (TPSA) is 44.1 Å². The van der Waals surface area contributed by atoms with Gasteiger partial charge in [-0.15, -0.1) is 0 Å². The van der Waals surface area contributed by atoms with Crippen LogP contribution in [-0.4, -0.2) is 13.0 Å². The van der Waals surface area contributed by atoms with Gasteiger partial charge in [0.2, 0.25) is 5.91 Å². The number of rotatable bonds is 1. The SMILES string of the molecule is CN1C(=O)[C@](C)(CC#N)c2ccccc21. The minimum absolute atomic E-state index is 0.00486. The quantitative estimate of drug-likeness (QED) is 0.694. The fourth-order valence-electron chi connectivity index (χ4n) is 2.16. The number of hydrogen-bond acceptors (Lipinski definition) is 2. The molecule has 3 heteroatoms. The van der Waals surface area contributed by atoms with E-state index in [0.717, 1.165) is 11.3 Å². The van der Waals surface area contributed by atoms with Gasteiger partial charge in [0.1, 0.15) is 0 Å². The number of carbonyl (C=O) groups excluding carboxylic acids is 1. The van der Waals surface area contributed by atoms with Crippen molar-refractivity contribution >= 4 is 11.6 Å². The molecule has 0 radical (unpaired) electrons. The molecule has 1 aromatic carbocycles. The summed E-state index contributed by atoms with van der Waals surface area (Å²) >= 11 is 0. The zero-order chi connectivity index (χ0) is 11.1. The first-order valence-electron chi connectivity index (χ1n) is 4.86. The summed E-state index contributed by atoms with van der Waals surface area (Å²) in [6, 6.07) is 9.74. The van der Waals surface area contributed by atoms with E-state index in [0.29, 0.717) is 0 Å². The second-order valence-corrected chi connectivity index (χ2v) is 4.05. The van der Waals surface area contributed by atoms with Crippen LogP contribution >= 0.6 is 0 Å². The fraction of sp³-hybridized carbons (Fsp3) is 0.333. The molecule has 2 rings (SSSR count). The zero-order valence-electron chi connectivity index (χ0n) is 8.82. The van der Waals surface area contributed by atoms with Gasteiger partial charge in [-0.3, -0.25) is 4.79 Å². The third-order valence-corrected chi connectivity index (χ3v) is 3.07. The minimum Gasteiger partial charge on any atom is -0.314 e. The molecule has 1 heterocycles. The van der Waals surface area contributed by atoms with Crippen molar-refractivity contribution in [3.05, 3.63) is 29.8 Å². The highest BCUT2D eigenvalue weighted by atomic mass is 16.2. The van der Waals surface area contributed by atoms with Crippen molar-refractivity contribution in [1.82, 2.24) is 0 Å². The molecule has 1 aliphatic heterocycles. The van der Waals surface area contributed by atoms with Crippen molar-refractivity contribution in [2.75, 3.05) is 11.9 Å². The smallest absolute Gasteiger partial charge is 0.238 e. The molecule has 1 atom stereocenters. The highest BCUT2D eigenvalue weighted by Crippen LogP contribution is 2.42. The van der Waals surface area contributed by atoms with Crippen LogP contribution in [-0.2, 0) is 10.2 Å². The van der Waals surface area contributed by atoms with Gasteiger partial charge in [-0.2, -0.15) is 5.26 Å². The van der Waals surface area contributed by atoms with Crippen LogP contribution < -0.4 is 4.90 Å². The van der Waals surface area contributed by atoms with E-state index in [-0.39, 0.29) is 12.3 Å². The van der Waals surface area contributed by atoms with Crippen molar-refractivity contribution in [1.29, 1.82) is 5.26 Å². The molecule has 0 unspecified atom stereocenters. The van der Waals surface area contributed by atoms with Crippen molar-refractivity contribution in [2.45, 2.75) is 18.8 Å². The van der Waals surface area contributed by atoms with Gasteiger partial charge in [-0.1, -0.05) is 18.2 Å². The Hall–Kier alpha value is -1.82. The lowest BCUT2D eigenvalue weighted by molar-refractivity contribution is -0.122. The maximum absolute atomic E-state index is 12.0. The Balaban J connectivity index is 2.62. The molecule has 0 bridgehead atoms. The third-order valence-electron chi connectivity index (χ3n) is 3.07. The predicted molar refractivity (Wildman–Crippen MR) is 57.4 cm³/mol. The number of amides is 1. The number of para-hydroxylation sites is 1. The average Bonchev–Trinajstić information content (AvgIpc) is 2.43. The first-order chi connectivity index (χ1) is 7.11. The van der Waals surface area contributed by atoms with Gasteiger partial charge in [-0.05, 0) is 18.6 Å². The van der Waals surface area contributed by atoms with Gasteiger partial charge < -0.3 is 4.90 Å². The Morgan fingerprint density at radius 1 is 1.47 bits per heavy atom. The van der Waals surface area contributed by atoms with Gasteiger partial charge in [0.25, 0.3) is 0 Å². The van der Waals surface area contributed by atoms with E-state index in [4.69, 9.17) is 5.26 Å². The highest BCUT2D eigenvalue weighted by Gasteiger charge is 2.45. The van der Waals surface area contributed by atoms with Gasteiger partial charge in [0.15, 0.2) is 0 Å². The van der Waals surface area contributed by atoms with Crippen LogP contribution in [0.2, 0.25) is 0 Å². The average molecular weight is 200 g/mol. The lowest BCUT2D eigenvalue weighted by Gasteiger charge is -2.19. The van der Waals surface area contributed by atoms with Crippen LogP contribution in [0.25, 0.3) is 0 Å². The second-order valence-electron chi connectivity index (χ2n) is 4.05. The predicted octanol–water partition coefficient (Wildman–Crippen LogP) is 1.83. The van der Waals surface area contributed by atoms with E-state index in [9.17, 15) is 4.79 Å². The summed E-state index contributed by atoms with van der Waals surface area (Å²) in [6.45, 7) is 1.83. The Bertz CT molecular complexity index is 461. The Morgan fingerprint density at radius 2 is 2.13 bits per heavy atom. The molecular formula is C12H12N2O.